The highest BCUT2D eigenvalue weighted by Crippen LogP contribution is 2.35. The van der Waals surface area contributed by atoms with Crippen LogP contribution in [0.25, 0.3) is 11.4 Å². The summed E-state index contributed by atoms with van der Waals surface area (Å²) in [5.41, 5.74) is 1.04. The number of aromatic nitrogens is 3. The lowest BCUT2D eigenvalue weighted by Gasteiger charge is -2.44. The summed E-state index contributed by atoms with van der Waals surface area (Å²) in [6.07, 6.45) is 7.53. The summed E-state index contributed by atoms with van der Waals surface area (Å²) < 4.78 is 1.98. The van der Waals surface area contributed by atoms with E-state index in [4.69, 9.17) is 0 Å². The third kappa shape index (κ3) is 3.52. The topological polar surface area (TPSA) is 51.0 Å². The molecule has 2 aliphatic rings. The average Bonchev–Trinajstić information content (AvgIpc) is 3.07. The van der Waals surface area contributed by atoms with Gasteiger partial charge < -0.3 is 9.47 Å². The molecule has 138 valence electrons. The molecule has 1 aliphatic carbocycles. The van der Waals surface area contributed by atoms with E-state index < -0.39 is 0 Å². The zero-order valence-electron chi connectivity index (χ0n) is 15.3. The van der Waals surface area contributed by atoms with Crippen LogP contribution in [0.1, 0.15) is 38.5 Å². The van der Waals surface area contributed by atoms with Crippen molar-refractivity contribution < 1.29 is 4.79 Å². The maximum atomic E-state index is 12.9. The van der Waals surface area contributed by atoms with Crippen molar-refractivity contribution >= 4 is 17.7 Å². The standard InChI is InChI=1S/C20H26N4OS/c1-23-19(16-9-3-2-4-10-16)21-22-20(23)26-14-18(25)24-13-7-11-15-8-5-6-12-17(15)24/h2-4,9-10,15,17H,5-8,11-14H2,1H3/t15-,17+/m1/s1. The Morgan fingerprint density at radius 2 is 1.88 bits per heavy atom. The van der Waals surface area contributed by atoms with Crippen LogP contribution < -0.4 is 0 Å². The molecule has 0 radical (unpaired) electrons. The first kappa shape index (κ1) is 17.6. The molecule has 2 fully saturated rings. The number of fused-ring (bicyclic) bond motifs is 1. The Hall–Kier alpha value is -1.82. The van der Waals surface area contributed by atoms with Gasteiger partial charge in [0.2, 0.25) is 5.91 Å². The Labute approximate surface area is 159 Å². The lowest BCUT2D eigenvalue weighted by atomic mass is 9.78. The Kier molecular flexibility index (Phi) is 5.29. The van der Waals surface area contributed by atoms with Gasteiger partial charge >= 0.3 is 0 Å². The van der Waals surface area contributed by atoms with Gasteiger partial charge in [-0.1, -0.05) is 54.9 Å². The van der Waals surface area contributed by atoms with Crippen LogP contribution in [-0.4, -0.2) is 43.9 Å². The summed E-state index contributed by atoms with van der Waals surface area (Å²) in [5, 5.41) is 9.41. The third-order valence-corrected chi connectivity index (χ3v) is 6.76. The van der Waals surface area contributed by atoms with Gasteiger partial charge in [-0.25, -0.2) is 0 Å². The molecule has 0 bridgehead atoms. The number of likely N-dealkylation sites (tertiary alicyclic amines) is 1. The number of hydrogen-bond acceptors (Lipinski definition) is 4. The summed E-state index contributed by atoms with van der Waals surface area (Å²) in [6, 6.07) is 10.5. The van der Waals surface area contributed by atoms with Crippen LogP contribution in [0, 0.1) is 5.92 Å². The molecule has 2 atom stereocenters. The first-order chi connectivity index (χ1) is 12.7. The fraction of sp³-hybridized carbons (Fsp3) is 0.550. The van der Waals surface area contributed by atoms with Gasteiger partial charge in [0.25, 0.3) is 0 Å². The van der Waals surface area contributed by atoms with Crippen molar-refractivity contribution in [2.24, 2.45) is 13.0 Å². The minimum Gasteiger partial charge on any atom is -0.339 e. The molecule has 2 heterocycles. The van der Waals surface area contributed by atoms with Gasteiger partial charge in [-0.3, -0.25) is 4.79 Å². The molecule has 1 aliphatic heterocycles. The van der Waals surface area contributed by atoms with Crippen molar-refractivity contribution in [2.75, 3.05) is 12.3 Å². The number of hydrogen-bond donors (Lipinski definition) is 0. The van der Waals surface area contributed by atoms with Crippen LogP contribution in [0.5, 0.6) is 0 Å². The van der Waals surface area contributed by atoms with E-state index in [1.54, 1.807) is 0 Å². The van der Waals surface area contributed by atoms with Crippen molar-refractivity contribution in [1.29, 1.82) is 0 Å². The molecular formula is C20H26N4OS. The average molecular weight is 371 g/mol. The maximum Gasteiger partial charge on any atom is 0.233 e. The number of carbonyl (C=O) groups is 1. The Morgan fingerprint density at radius 3 is 2.73 bits per heavy atom. The quantitative estimate of drug-likeness (QED) is 0.769. The van der Waals surface area contributed by atoms with Crippen LogP contribution in [0.2, 0.25) is 0 Å². The molecule has 1 saturated carbocycles. The van der Waals surface area contributed by atoms with E-state index in [1.165, 1.54) is 43.9 Å². The predicted molar refractivity (Wildman–Crippen MR) is 104 cm³/mol. The van der Waals surface area contributed by atoms with Gasteiger partial charge in [0, 0.05) is 25.2 Å². The second-order valence-electron chi connectivity index (χ2n) is 7.36. The molecule has 2 aromatic rings. The number of thioether (sulfide) groups is 1. The van der Waals surface area contributed by atoms with E-state index >= 15 is 0 Å². The summed E-state index contributed by atoms with van der Waals surface area (Å²) in [5.74, 6) is 2.27. The molecule has 0 N–H and O–H groups in total. The highest BCUT2D eigenvalue weighted by atomic mass is 32.2. The van der Waals surface area contributed by atoms with Gasteiger partial charge in [0.1, 0.15) is 0 Å². The number of nitrogens with zero attached hydrogens (tertiary/aromatic N) is 4. The number of amides is 1. The zero-order valence-corrected chi connectivity index (χ0v) is 16.1. The molecule has 0 unspecified atom stereocenters. The number of piperidine rings is 1. The van der Waals surface area contributed by atoms with E-state index in [9.17, 15) is 4.79 Å². The van der Waals surface area contributed by atoms with E-state index in [0.717, 1.165) is 35.4 Å². The summed E-state index contributed by atoms with van der Waals surface area (Å²) in [7, 11) is 1.97. The van der Waals surface area contributed by atoms with E-state index in [0.29, 0.717) is 11.8 Å². The zero-order chi connectivity index (χ0) is 17.9. The van der Waals surface area contributed by atoms with Crippen LogP contribution in [-0.2, 0) is 11.8 Å². The molecule has 6 heteroatoms. The minimum atomic E-state index is 0.260. The summed E-state index contributed by atoms with van der Waals surface area (Å²) in [6.45, 7) is 0.925. The largest absolute Gasteiger partial charge is 0.339 e. The predicted octanol–water partition coefficient (Wildman–Crippen LogP) is 3.76. The lowest BCUT2D eigenvalue weighted by molar-refractivity contribution is -0.134. The smallest absolute Gasteiger partial charge is 0.233 e. The van der Waals surface area contributed by atoms with E-state index in [1.807, 2.05) is 41.9 Å². The van der Waals surface area contributed by atoms with Gasteiger partial charge in [0.05, 0.1) is 5.75 Å². The SMILES string of the molecule is Cn1c(SCC(=O)N2CCC[C@H]3CCCC[C@@H]32)nnc1-c1ccccc1. The molecule has 1 aromatic heterocycles. The molecular weight excluding hydrogens is 344 g/mol. The molecule has 5 nitrogen and oxygen atoms in total. The normalized spacial score (nSPS) is 22.9. The fourth-order valence-corrected chi connectivity index (χ4v) is 5.22. The molecule has 26 heavy (non-hydrogen) atoms. The third-order valence-electron chi connectivity index (χ3n) is 5.76. The van der Waals surface area contributed by atoms with Crippen molar-refractivity contribution in [3.63, 3.8) is 0 Å². The van der Waals surface area contributed by atoms with Gasteiger partial charge in [-0.2, -0.15) is 0 Å². The van der Waals surface area contributed by atoms with E-state index in [-0.39, 0.29) is 5.91 Å². The second-order valence-corrected chi connectivity index (χ2v) is 8.30. The molecule has 4 rings (SSSR count). The first-order valence-corrected chi connectivity index (χ1v) is 10.6. The monoisotopic (exact) mass is 370 g/mol. The van der Waals surface area contributed by atoms with Crippen molar-refractivity contribution in [3.8, 4) is 11.4 Å². The van der Waals surface area contributed by atoms with Crippen molar-refractivity contribution in [2.45, 2.75) is 49.7 Å². The van der Waals surface area contributed by atoms with Crippen molar-refractivity contribution in [3.05, 3.63) is 30.3 Å². The molecule has 1 amide bonds. The number of carbonyl (C=O) groups excluding carboxylic acids is 1. The number of benzene rings is 1. The summed E-state index contributed by atoms with van der Waals surface area (Å²) >= 11 is 1.50. The molecule has 1 aromatic carbocycles. The first-order valence-electron chi connectivity index (χ1n) is 9.61. The van der Waals surface area contributed by atoms with Gasteiger partial charge in [-0.15, -0.1) is 10.2 Å². The maximum absolute atomic E-state index is 12.9. The highest BCUT2D eigenvalue weighted by molar-refractivity contribution is 7.99. The van der Waals surface area contributed by atoms with Gasteiger partial charge in [-0.05, 0) is 31.6 Å². The fourth-order valence-electron chi connectivity index (χ4n) is 4.42. The Balaban J connectivity index is 1.41. The molecule has 0 spiro atoms. The van der Waals surface area contributed by atoms with Crippen LogP contribution in [0.4, 0.5) is 0 Å². The van der Waals surface area contributed by atoms with Crippen LogP contribution in [0.15, 0.2) is 35.5 Å². The molecule has 1 saturated heterocycles. The second kappa shape index (κ2) is 7.82. The van der Waals surface area contributed by atoms with Crippen LogP contribution >= 0.6 is 11.8 Å². The Bertz CT molecular complexity index is 758. The van der Waals surface area contributed by atoms with E-state index in [2.05, 4.69) is 15.1 Å². The highest BCUT2D eigenvalue weighted by Gasteiger charge is 2.35. The lowest BCUT2D eigenvalue weighted by Crippen LogP contribution is -2.50. The van der Waals surface area contributed by atoms with Crippen molar-refractivity contribution in [1.82, 2.24) is 19.7 Å². The van der Waals surface area contributed by atoms with Gasteiger partial charge in [0.15, 0.2) is 11.0 Å². The minimum absolute atomic E-state index is 0.260. The van der Waals surface area contributed by atoms with Crippen LogP contribution in [0.3, 0.4) is 0 Å². The number of rotatable bonds is 4. The summed E-state index contributed by atoms with van der Waals surface area (Å²) in [4.78, 5) is 15.0. The Morgan fingerprint density at radius 1 is 1.12 bits per heavy atom.